The van der Waals surface area contributed by atoms with Gasteiger partial charge in [-0.15, -0.1) is 0 Å². The van der Waals surface area contributed by atoms with Crippen molar-refractivity contribution >= 4 is 5.78 Å². The molecule has 4 heteroatoms. The third-order valence-electron chi connectivity index (χ3n) is 3.27. The number of nitrogens with zero attached hydrogens (tertiary/aromatic N) is 2. The van der Waals surface area contributed by atoms with Crippen LogP contribution in [0.5, 0.6) is 0 Å². The first kappa shape index (κ1) is 13.2. The molecule has 18 heavy (non-hydrogen) atoms. The summed E-state index contributed by atoms with van der Waals surface area (Å²) in [6, 6.07) is 0. The van der Waals surface area contributed by atoms with Gasteiger partial charge < -0.3 is 4.52 Å². The normalized spacial score (nSPS) is 21.9. The molecule has 1 saturated carbocycles. The Labute approximate surface area is 108 Å². The van der Waals surface area contributed by atoms with Gasteiger partial charge in [-0.1, -0.05) is 38.8 Å². The molecule has 1 atom stereocenters. The topological polar surface area (TPSA) is 56.0 Å². The second-order valence-electron chi connectivity index (χ2n) is 6.40. The van der Waals surface area contributed by atoms with Crippen LogP contribution in [-0.4, -0.2) is 15.9 Å². The molecule has 0 N–H and O–H groups in total. The maximum absolute atomic E-state index is 12.0. The van der Waals surface area contributed by atoms with Gasteiger partial charge in [-0.2, -0.15) is 4.98 Å². The Hall–Kier alpha value is -1.19. The van der Waals surface area contributed by atoms with E-state index in [-0.39, 0.29) is 17.1 Å². The van der Waals surface area contributed by atoms with Gasteiger partial charge in [0.05, 0.1) is 5.92 Å². The molecule has 0 bridgehead atoms. The van der Waals surface area contributed by atoms with Gasteiger partial charge in [0.25, 0.3) is 0 Å². The highest BCUT2D eigenvalue weighted by molar-refractivity contribution is 5.84. The van der Waals surface area contributed by atoms with Crippen molar-refractivity contribution in [1.29, 1.82) is 0 Å². The molecule has 2 rings (SSSR count). The highest BCUT2D eigenvalue weighted by Gasteiger charge is 2.28. The van der Waals surface area contributed by atoms with E-state index in [1.807, 2.05) is 0 Å². The van der Waals surface area contributed by atoms with E-state index in [0.717, 1.165) is 37.9 Å². The zero-order valence-electron chi connectivity index (χ0n) is 11.5. The summed E-state index contributed by atoms with van der Waals surface area (Å²) in [5.74, 6) is 1.35. The third kappa shape index (κ3) is 3.40. The van der Waals surface area contributed by atoms with Gasteiger partial charge in [0, 0.05) is 12.8 Å². The number of aromatic nitrogens is 2. The highest BCUT2D eigenvalue weighted by atomic mass is 16.5. The quantitative estimate of drug-likeness (QED) is 0.756. The Balaban J connectivity index is 2.11. The lowest BCUT2D eigenvalue weighted by Crippen LogP contribution is -2.12. The zero-order valence-corrected chi connectivity index (χ0v) is 11.5. The molecule has 1 aliphatic rings. The van der Waals surface area contributed by atoms with Gasteiger partial charge in [0.15, 0.2) is 5.82 Å². The third-order valence-corrected chi connectivity index (χ3v) is 3.27. The van der Waals surface area contributed by atoms with E-state index >= 15 is 0 Å². The summed E-state index contributed by atoms with van der Waals surface area (Å²) in [6.07, 6.45) is 5.49. The predicted octanol–water partition coefficient (Wildman–Crippen LogP) is 3.28. The van der Waals surface area contributed by atoms with Crippen LogP contribution in [0, 0.1) is 5.41 Å². The van der Waals surface area contributed by atoms with Crippen LogP contribution in [0.3, 0.4) is 0 Å². The van der Waals surface area contributed by atoms with Gasteiger partial charge in [-0.25, -0.2) is 0 Å². The Morgan fingerprint density at radius 2 is 2.06 bits per heavy atom. The molecule has 0 radical (unpaired) electrons. The largest absolute Gasteiger partial charge is 0.339 e. The summed E-state index contributed by atoms with van der Waals surface area (Å²) >= 11 is 0. The van der Waals surface area contributed by atoms with E-state index in [0.29, 0.717) is 12.3 Å². The summed E-state index contributed by atoms with van der Waals surface area (Å²) in [6.45, 7) is 6.42. The molecule has 1 unspecified atom stereocenters. The van der Waals surface area contributed by atoms with Gasteiger partial charge in [0.1, 0.15) is 5.78 Å². The first-order valence-electron chi connectivity index (χ1n) is 6.81. The maximum atomic E-state index is 12.0. The van der Waals surface area contributed by atoms with Crippen molar-refractivity contribution in [3.8, 4) is 0 Å². The van der Waals surface area contributed by atoms with Gasteiger partial charge in [0.2, 0.25) is 5.89 Å². The van der Waals surface area contributed by atoms with Crippen LogP contribution in [0.1, 0.15) is 70.5 Å². The minimum atomic E-state index is -0.159. The number of carbonyl (C=O) groups is 1. The van der Waals surface area contributed by atoms with E-state index in [1.54, 1.807) is 0 Å². The molecule has 4 nitrogen and oxygen atoms in total. The minimum absolute atomic E-state index is 0.134. The predicted molar refractivity (Wildman–Crippen MR) is 68.3 cm³/mol. The number of ketones is 1. The van der Waals surface area contributed by atoms with Crippen molar-refractivity contribution in [3.05, 3.63) is 11.7 Å². The summed E-state index contributed by atoms with van der Waals surface area (Å²) < 4.78 is 5.29. The first-order chi connectivity index (χ1) is 8.46. The SMILES string of the molecule is CC(C)(C)Cc1noc(C2CCCCCC2=O)n1. The molecular formula is C14H22N2O2. The highest BCUT2D eigenvalue weighted by Crippen LogP contribution is 2.28. The molecule has 100 valence electrons. The molecule has 1 aliphatic carbocycles. The lowest BCUT2D eigenvalue weighted by molar-refractivity contribution is -0.120. The van der Waals surface area contributed by atoms with E-state index < -0.39 is 0 Å². The molecule has 1 fully saturated rings. The smallest absolute Gasteiger partial charge is 0.237 e. The number of rotatable bonds is 2. The second kappa shape index (κ2) is 5.21. The van der Waals surface area contributed by atoms with Crippen molar-refractivity contribution in [3.63, 3.8) is 0 Å². The van der Waals surface area contributed by atoms with Crippen LogP contribution in [0.15, 0.2) is 4.52 Å². The fourth-order valence-electron chi connectivity index (χ4n) is 2.38. The van der Waals surface area contributed by atoms with Crippen molar-refractivity contribution in [2.45, 2.75) is 65.2 Å². The lowest BCUT2D eigenvalue weighted by atomic mass is 9.92. The van der Waals surface area contributed by atoms with Crippen molar-refractivity contribution in [2.75, 3.05) is 0 Å². The monoisotopic (exact) mass is 250 g/mol. The Kier molecular flexibility index (Phi) is 3.83. The van der Waals surface area contributed by atoms with E-state index in [2.05, 4.69) is 30.9 Å². The molecule has 1 aromatic heterocycles. The number of hydrogen-bond acceptors (Lipinski definition) is 4. The van der Waals surface area contributed by atoms with Gasteiger partial charge >= 0.3 is 0 Å². The average Bonchev–Trinajstić information content (AvgIpc) is 2.57. The Morgan fingerprint density at radius 3 is 2.78 bits per heavy atom. The second-order valence-corrected chi connectivity index (χ2v) is 6.40. The Morgan fingerprint density at radius 1 is 1.28 bits per heavy atom. The maximum Gasteiger partial charge on any atom is 0.237 e. The van der Waals surface area contributed by atoms with Crippen molar-refractivity contribution in [1.82, 2.24) is 10.1 Å². The standard InChI is InChI=1S/C14H22N2O2/c1-14(2,3)9-12-15-13(18-16-12)10-7-5-4-6-8-11(10)17/h10H,4-9H2,1-3H3. The molecular weight excluding hydrogens is 228 g/mol. The molecule has 0 aliphatic heterocycles. The van der Waals surface area contributed by atoms with E-state index in [1.165, 1.54) is 0 Å². The van der Waals surface area contributed by atoms with Crippen LogP contribution in [0.2, 0.25) is 0 Å². The summed E-state index contributed by atoms with van der Waals surface area (Å²) in [5, 5.41) is 4.00. The van der Waals surface area contributed by atoms with Gasteiger partial charge in [-0.05, 0) is 18.3 Å². The molecule has 1 heterocycles. The minimum Gasteiger partial charge on any atom is -0.339 e. The van der Waals surface area contributed by atoms with Crippen LogP contribution < -0.4 is 0 Å². The number of Topliss-reactive ketones (excluding diaryl/α,β-unsaturated/α-hetero) is 1. The first-order valence-corrected chi connectivity index (χ1v) is 6.81. The van der Waals surface area contributed by atoms with Gasteiger partial charge in [-0.3, -0.25) is 4.79 Å². The van der Waals surface area contributed by atoms with Crippen molar-refractivity contribution < 1.29 is 9.32 Å². The molecule has 0 amide bonds. The molecule has 0 spiro atoms. The fourth-order valence-corrected chi connectivity index (χ4v) is 2.38. The summed E-state index contributed by atoms with van der Waals surface area (Å²) in [4.78, 5) is 16.4. The number of hydrogen-bond donors (Lipinski definition) is 0. The zero-order chi connectivity index (χ0) is 13.2. The lowest BCUT2D eigenvalue weighted by Gasteiger charge is -2.14. The fraction of sp³-hybridized carbons (Fsp3) is 0.786. The van der Waals surface area contributed by atoms with Crippen LogP contribution >= 0.6 is 0 Å². The summed E-state index contributed by atoms with van der Waals surface area (Å²) in [7, 11) is 0. The molecule has 1 aromatic rings. The number of carbonyl (C=O) groups excluding carboxylic acids is 1. The molecule has 0 aromatic carbocycles. The summed E-state index contributed by atoms with van der Waals surface area (Å²) in [5.41, 5.74) is 0.134. The van der Waals surface area contributed by atoms with E-state index in [4.69, 9.17) is 4.52 Å². The van der Waals surface area contributed by atoms with Crippen LogP contribution in [0.25, 0.3) is 0 Å². The van der Waals surface area contributed by atoms with Crippen molar-refractivity contribution in [2.24, 2.45) is 5.41 Å². The van der Waals surface area contributed by atoms with Crippen LogP contribution in [0.4, 0.5) is 0 Å². The van der Waals surface area contributed by atoms with E-state index in [9.17, 15) is 4.79 Å². The van der Waals surface area contributed by atoms with Crippen LogP contribution in [-0.2, 0) is 11.2 Å². The Bertz CT molecular complexity index is 418. The molecule has 0 saturated heterocycles. The average molecular weight is 250 g/mol.